The van der Waals surface area contributed by atoms with Crippen molar-refractivity contribution in [2.45, 2.75) is 59.0 Å². The van der Waals surface area contributed by atoms with Gasteiger partial charge in [-0.1, -0.05) is 52.0 Å². The van der Waals surface area contributed by atoms with Gasteiger partial charge in [-0.15, -0.1) is 0 Å². The van der Waals surface area contributed by atoms with Crippen molar-refractivity contribution >= 4 is 0 Å². The number of nitrogens with zero attached hydrogens (tertiary/aromatic N) is 1. The van der Waals surface area contributed by atoms with Crippen LogP contribution in [0.15, 0.2) is 24.3 Å². The van der Waals surface area contributed by atoms with Crippen LogP contribution in [0, 0.1) is 28.6 Å². The first kappa shape index (κ1) is 16.0. The maximum absolute atomic E-state index is 11.5. The highest BCUT2D eigenvalue weighted by molar-refractivity contribution is 5.39. The first-order chi connectivity index (χ1) is 9.82. The normalized spacial score (nSPS) is 17.0. The van der Waals surface area contributed by atoms with Crippen molar-refractivity contribution in [2.75, 3.05) is 0 Å². The Morgan fingerprint density at radius 1 is 1.10 bits per heavy atom. The molecule has 0 spiro atoms. The fourth-order valence-electron chi connectivity index (χ4n) is 3.95. The van der Waals surface area contributed by atoms with Crippen LogP contribution in [0.2, 0.25) is 0 Å². The van der Waals surface area contributed by atoms with E-state index in [-0.39, 0.29) is 0 Å². The molecule has 0 atom stereocenters. The zero-order valence-electron chi connectivity index (χ0n) is 13.7. The summed E-state index contributed by atoms with van der Waals surface area (Å²) < 4.78 is 0. The molecular formula is C19H27NO. The minimum absolute atomic E-state index is 0.377. The molecular weight excluding hydrogens is 258 g/mol. The molecule has 0 saturated heterocycles. The van der Waals surface area contributed by atoms with Gasteiger partial charge < -0.3 is 5.11 Å². The lowest BCUT2D eigenvalue weighted by Gasteiger charge is -2.43. The second kappa shape index (κ2) is 5.81. The lowest BCUT2D eigenvalue weighted by molar-refractivity contribution is -0.0815. The van der Waals surface area contributed by atoms with Crippen molar-refractivity contribution in [2.24, 2.45) is 17.3 Å². The van der Waals surface area contributed by atoms with E-state index in [4.69, 9.17) is 0 Å². The van der Waals surface area contributed by atoms with Gasteiger partial charge in [0.05, 0.1) is 17.1 Å². The molecule has 114 valence electrons. The van der Waals surface area contributed by atoms with E-state index in [1.807, 2.05) is 12.1 Å². The molecule has 0 radical (unpaired) electrons. The molecule has 0 saturated carbocycles. The first-order valence-electron chi connectivity index (χ1n) is 8.02. The van der Waals surface area contributed by atoms with Gasteiger partial charge in [0.15, 0.2) is 0 Å². The SMILES string of the molecule is CC(C)CC(O)(CC(C)C)C1(C#N)Cc2ccccc2C1. The fraction of sp³-hybridized carbons (Fsp3) is 0.632. The summed E-state index contributed by atoms with van der Waals surface area (Å²) in [4.78, 5) is 0. The molecule has 0 fully saturated rings. The standard InChI is InChI=1S/C19H27NO/c1-14(2)9-19(21,10-15(3)4)18(13-20)11-16-7-5-6-8-17(16)12-18/h5-8,14-15,21H,9-12H2,1-4H3. The van der Waals surface area contributed by atoms with Gasteiger partial charge in [0.1, 0.15) is 0 Å². The quantitative estimate of drug-likeness (QED) is 0.884. The third kappa shape index (κ3) is 2.99. The third-order valence-electron chi connectivity index (χ3n) is 4.70. The van der Waals surface area contributed by atoms with E-state index in [0.717, 1.165) is 0 Å². The topological polar surface area (TPSA) is 44.0 Å². The van der Waals surface area contributed by atoms with Gasteiger partial charge in [-0.05, 0) is 48.6 Å². The summed E-state index contributed by atoms with van der Waals surface area (Å²) in [6.45, 7) is 8.49. The van der Waals surface area contributed by atoms with Crippen LogP contribution in [0.25, 0.3) is 0 Å². The Kier molecular flexibility index (Phi) is 4.44. The molecule has 0 bridgehead atoms. The fourth-order valence-corrected chi connectivity index (χ4v) is 3.95. The summed E-state index contributed by atoms with van der Waals surface area (Å²) >= 11 is 0. The summed E-state index contributed by atoms with van der Waals surface area (Å²) in [7, 11) is 0. The van der Waals surface area contributed by atoms with Crippen molar-refractivity contribution in [3.8, 4) is 6.07 Å². The van der Waals surface area contributed by atoms with Crippen molar-refractivity contribution in [1.29, 1.82) is 5.26 Å². The van der Waals surface area contributed by atoms with Gasteiger partial charge in [0.2, 0.25) is 0 Å². The smallest absolute Gasteiger partial charge is 0.0940 e. The molecule has 2 nitrogen and oxygen atoms in total. The average Bonchev–Trinajstić information content (AvgIpc) is 2.77. The van der Waals surface area contributed by atoms with Crippen molar-refractivity contribution in [1.82, 2.24) is 0 Å². The predicted octanol–water partition coefficient (Wildman–Crippen LogP) is 4.12. The van der Waals surface area contributed by atoms with Crippen LogP contribution >= 0.6 is 0 Å². The summed E-state index contributed by atoms with van der Waals surface area (Å²) in [6.07, 6.45) is 2.73. The number of fused-ring (bicyclic) bond motifs is 1. The number of aliphatic hydroxyl groups is 1. The molecule has 0 heterocycles. The van der Waals surface area contributed by atoms with Crippen LogP contribution in [0.1, 0.15) is 51.7 Å². The highest BCUT2D eigenvalue weighted by Crippen LogP contribution is 2.49. The molecule has 1 N–H and O–H groups in total. The Morgan fingerprint density at radius 2 is 1.52 bits per heavy atom. The Morgan fingerprint density at radius 3 is 1.86 bits per heavy atom. The first-order valence-corrected chi connectivity index (χ1v) is 8.02. The molecule has 1 aromatic carbocycles. The Labute approximate surface area is 128 Å². The maximum atomic E-state index is 11.5. The summed E-state index contributed by atoms with van der Waals surface area (Å²) in [5.74, 6) is 0.755. The molecule has 0 aromatic heterocycles. The maximum Gasteiger partial charge on any atom is 0.0940 e. The molecule has 1 aliphatic carbocycles. The Balaban J connectivity index is 2.40. The third-order valence-corrected chi connectivity index (χ3v) is 4.70. The number of rotatable bonds is 5. The average molecular weight is 285 g/mol. The van der Waals surface area contributed by atoms with E-state index in [0.29, 0.717) is 37.5 Å². The molecule has 21 heavy (non-hydrogen) atoms. The predicted molar refractivity (Wildman–Crippen MR) is 85.8 cm³/mol. The highest BCUT2D eigenvalue weighted by atomic mass is 16.3. The van der Waals surface area contributed by atoms with E-state index < -0.39 is 11.0 Å². The minimum atomic E-state index is -0.914. The highest BCUT2D eigenvalue weighted by Gasteiger charge is 2.53. The molecule has 0 aliphatic heterocycles. The second-order valence-corrected chi connectivity index (χ2v) is 7.54. The molecule has 2 rings (SSSR count). The van der Waals surface area contributed by atoms with E-state index in [1.54, 1.807) is 0 Å². The Bertz CT molecular complexity index is 504. The lowest BCUT2D eigenvalue weighted by atomic mass is 9.64. The van der Waals surface area contributed by atoms with Gasteiger partial charge in [0, 0.05) is 0 Å². The number of benzene rings is 1. The summed E-state index contributed by atoms with van der Waals surface area (Å²) in [6, 6.07) is 10.8. The van der Waals surface area contributed by atoms with Crippen LogP contribution in [0.5, 0.6) is 0 Å². The summed E-state index contributed by atoms with van der Waals surface area (Å²) in [5.41, 5.74) is 0.865. The van der Waals surface area contributed by atoms with Crippen LogP contribution in [-0.4, -0.2) is 10.7 Å². The molecule has 1 aromatic rings. The van der Waals surface area contributed by atoms with E-state index in [1.165, 1.54) is 11.1 Å². The minimum Gasteiger partial charge on any atom is -0.388 e. The summed E-state index contributed by atoms with van der Waals surface area (Å²) in [5, 5.41) is 21.4. The van der Waals surface area contributed by atoms with Crippen LogP contribution in [0.3, 0.4) is 0 Å². The zero-order valence-corrected chi connectivity index (χ0v) is 13.7. The largest absolute Gasteiger partial charge is 0.388 e. The van der Waals surface area contributed by atoms with Gasteiger partial charge >= 0.3 is 0 Å². The van der Waals surface area contributed by atoms with Gasteiger partial charge in [0.25, 0.3) is 0 Å². The number of nitriles is 1. The van der Waals surface area contributed by atoms with E-state index in [2.05, 4.69) is 45.9 Å². The lowest BCUT2D eigenvalue weighted by Crippen LogP contribution is -2.50. The van der Waals surface area contributed by atoms with Crippen LogP contribution in [-0.2, 0) is 12.8 Å². The van der Waals surface area contributed by atoms with Gasteiger partial charge in [-0.2, -0.15) is 5.26 Å². The molecule has 0 amide bonds. The Hall–Kier alpha value is -1.33. The van der Waals surface area contributed by atoms with Crippen molar-refractivity contribution in [3.63, 3.8) is 0 Å². The van der Waals surface area contributed by atoms with Crippen molar-refractivity contribution in [3.05, 3.63) is 35.4 Å². The zero-order chi connectivity index (χ0) is 15.7. The molecule has 0 unspecified atom stereocenters. The molecule has 1 aliphatic rings. The van der Waals surface area contributed by atoms with Gasteiger partial charge in [-0.25, -0.2) is 0 Å². The van der Waals surface area contributed by atoms with E-state index >= 15 is 0 Å². The van der Waals surface area contributed by atoms with Crippen LogP contribution < -0.4 is 0 Å². The van der Waals surface area contributed by atoms with Crippen molar-refractivity contribution < 1.29 is 5.11 Å². The van der Waals surface area contributed by atoms with Gasteiger partial charge in [-0.3, -0.25) is 0 Å². The molecule has 2 heteroatoms. The number of hydrogen-bond acceptors (Lipinski definition) is 2. The number of hydrogen-bond donors (Lipinski definition) is 1. The monoisotopic (exact) mass is 285 g/mol. The second-order valence-electron chi connectivity index (χ2n) is 7.54. The van der Waals surface area contributed by atoms with Crippen LogP contribution in [0.4, 0.5) is 0 Å². The van der Waals surface area contributed by atoms with E-state index in [9.17, 15) is 10.4 Å².